The number of carboxylic acids is 1. The van der Waals surface area contributed by atoms with Gasteiger partial charge in [-0.15, -0.1) is 0 Å². The molecule has 0 aliphatic carbocycles. The second-order valence-electron chi connectivity index (χ2n) is 5.54. The lowest BCUT2D eigenvalue weighted by molar-refractivity contribution is -0.143. The molecular weight excluding hydrogens is 348 g/mol. The Bertz CT molecular complexity index is 646. The van der Waals surface area contributed by atoms with E-state index in [1.807, 2.05) is 24.3 Å². The lowest BCUT2D eigenvalue weighted by atomic mass is 9.97. The van der Waals surface area contributed by atoms with E-state index in [2.05, 4.69) is 25.8 Å². The average molecular weight is 365 g/mol. The third-order valence-electron chi connectivity index (χ3n) is 3.97. The zero-order valence-corrected chi connectivity index (χ0v) is 13.6. The molecule has 0 unspecified atom stereocenters. The Morgan fingerprint density at radius 2 is 2.00 bits per heavy atom. The fourth-order valence-corrected chi connectivity index (χ4v) is 2.94. The monoisotopic (exact) mass is 364 g/mol. The van der Waals surface area contributed by atoms with Gasteiger partial charge in [0.05, 0.1) is 11.6 Å². The molecular formula is C16H17BrN2O3. The van der Waals surface area contributed by atoms with E-state index in [9.17, 15) is 4.79 Å². The Labute approximate surface area is 137 Å². The molecule has 2 heterocycles. The van der Waals surface area contributed by atoms with E-state index in [0.717, 1.165) is 28.8 Å². The maximum atomic E-state index is 11.0. The SMILES string of the molecule is O=C(O)C1CCN(Cc2coc(-c3ccc(Br)cc3)n2)CC1. The van der Waals surface area contributed by atoms with Gasteiger partial charge in [0.25, 0.3) is 0 Å². The summed E-state index contributed by atoms with van der Waals surface area (Å²) in [6.07, 6.45) is 3.08. The van der Waals surface area contributed by atoms with Crippen LogP contribution in [0.15, 0.2) is 39.4 Å². The molecule has 0 bridgehead atoms. The molecule has 3 rings (SSSR count). The number of aliphatic carboxylic acids is 1. The number of carboxylic acid groups (broad SMARTS) is 1. The maximum absolute atomic E-state index is 11.0. The van der Waals surface area contributed by atoms with Crippen LogP contribution in [-0.2, 0) is 11.3 Å². The van der Waals surface area contributed by atoms with Crippen molar-refractivity contribution in [1.82, 2.24) is 9.88 Å². The van der Waals surface area contributed by atoms with Crippen LogP contribution >= 0.6 is 15.9 Å². The van der Waals surface area contributed by atoms with Gasteiger partial charge in [-0.2, -0.15) is 0 Å². The van der Waals surface area contributed by atoms with Gasteiger partial charge in [0, 0.05) is 16.6 Å². The third kappa shape index (κ3) is 3.56. The number of oxazole rings is 1. The molecule has 2 aromatic rings. The van der Waals surface area contributed by atoms with Gasteiger partial charge in [-0.25, -0.2) is 4.98 Å². The smallest absolute Gasteiger partial charge is 0.306 e. The van der Waals surface area contributed by atoms with Crippen LogP contribution < -0.4 is 0 Å². The minimum atomic E-state index is -0.682. The quantitative estimate of drug-likeness (QED) is 0.900. The second-order valence-corrected chi connectivity index (χ2v) is 6.46. The van der Waals surface area contributed by atoms with E-state index in [1.54, 1.807) is 6.26 Å². The van der Waals surface area contributed by atoms with Crippen LogP contribution in [-0.4, -0.2) is 34.0 Å². The normalized spacial score (nSPS) is 16.8. The van der Waals surface area contributed by atoms with Crippen molar-refractivity contribution in [3.63, 3.8) is 0 Å². The molecule has 22 heavy (non-hydrogen) atoms. The summed E-state index contributed by atoms with van der Waals surface area (Å²) in [5.41, 5.74) is 1.82. The molecule has 0 saturated carbocycles. The molecule has 1 fully saturated rings. The number of likely N-dealkylation sites (tertiary alicyclic amines) is 1. The number of halogens is 1. The summed E-state index contributed by atoms with van der Waals surface area (Å²) in [7, 11) is 0. The minimum absolute atomic E-state index is 0.202. The number of rotatable bonds is 4. The van der Waals surface area contributed by atoms with Crippen molar-refractivity contribution in [2.75, 3.05) is 13.1 Å². The molecule has 1 aromatic carbocycles. The van der Waals surface area contributed by atoms with Crippen LogP contribution in [0.2, 0.25) is 0 Å². The predicted molar refractivity (Wildman–Crippen MR) is 85.3 cm³/mol. The van der Waals surface area contributed by atoms with Crippen molar-refractivity contribution in [2.45, 2.75) is 19.4 Å². The van der Waals surface area contributed by atoms with E-state index in [4.69, 9.17) is 9.52 Å². The fraction of sp³-hybridized carbons (Fsp3) is 0.375. The van der Waals surface area contributed by atoms with Crippen LogP contribution in [0.4, 0.5) is 0 Å². The van der Waals surface area contributed by atoms with Gasteiger partial charge in [-0.05, 0) is 50.2 Å². The highest BCUT2D eigenvalue weighted by molar-refractivity contribution is 9.10. The molecule has 116 valence electrons. The van der Waals surface area contributed by atoms with Crippen LogP contribution in [0.3, 0.4) is 0 Å². The Morgan fingerprint density at radius 3 is 2.64 bits per heavy atom. The summed E-state index contributed by atoms with van der Waals surface area (Å²) in [4.78, 5) is 17.7. The van der Waals surface area contributed by atoms with Gasteiger partial charge in [-0.3, -0.25) is 9.69 Å². The number of benzene rings is 1. The van der Waals surface area contributed by atoms with E-state index < -0.39 is 5.97 Å². The average Bonchev–Trinajstić information content (AvgIpc) is 2.97. The Morgan fingerprint density at radius 1 is 1.32 bits per heavy atom. The minimum Gasteiger partial charge on any atom is -0.481 e. The topological polar surface area (TPSA) is 66.6 Å². The van der Waals surface area contributed by atoms with E-state index in [0.29, 0.717) is 25.3 Å². The van der Waals surface area contributed by atoms with Gasteiger partial charge in [0.2, 0.25) is 5.89 Å². The van der Waals surface area contributed by atoms with Crippen LogP contribution in [0, 0.1) is 5.92 Å². The van der Waals surface area contributed by atoms with Gasteiger partial charge in [0.1, 0.15) is 6.26 Å². The molecule has 5 nitrogen and oxygen atoms in total. The van der Waals surface area contributed by atoms with E-state index in [1.165, 1.54) is 0 Å². The summed E-state index contributed by atoms with van der Waals surface area (Å²) >= 11 is 3.40. The number of carbonyl (C=O) groups is 1. The maximum Gasteiger partial charge on any atom is 0.306 e. The van der Waals surface area contributed by atoms with Gasteiger partial charge in [0.15, 0.2) is 0 Å². The molecule has 1 aromatic heterocycles. The molecule has 0 amide bonds. The first-order valence-corrected chi connectivity index (χ1v) is 8.06. The summed E-state index contributed by atoms with van der Waals surface area (Å²) < 4.78 is 6.56. The largest absolute Gasteiger partial charge is 0.481 e. The first-order chi connectivity index (χ1) is 10.6. The Balaban J connectivity index is 1.60. The van der Waals surface area contributed by atoms with Crippen molar-refractivity contribution < 1.29 is 14.3 Å². The summed E-state index contributed by atoms with van der Waals surface area (Å²) in [6.45, 7) is 2.28. The summed E-state index contributed by atoms with van der Waals surface area (Å²) in [5.74, 6) is -0.270. The van der Waals surface area contributed by atoms with Crippen molar-refractivity contribution in [1.29, 1.82) is 0 Å². The molecule has 0 radical (unpaired) electrons. The molecule has 6 heteroatoms. The number of nitrogens with zero attached hydrogens (tertiary/aromatic N) is 2. The van der Waals surface area contributed by atoms with Crippen LogP contribution in [0.5, 0.6) is 0 Å². The molecule has 1 N–H and O–H groups in total. The highest BCUT2D eigenvalue weighted by Crippen LogP contribution is 2.23. The lowest BCUT2D eigenvalue weighted by Gasteiger charge is -2.29. The number of hydrogen-bond acceptors (Lipinski definition) is 4. The fourth-order valence-electron chi connectivity index (χ4n) is 2.67. The number of aromatic nitrogens is 1. The highest BCUT2D eigenvalue weighted by atomic mass is 79.9. The van der Waals surface area contributed by atoms with Gasteiger partial charge < -0.3 is 9.52 Å². The summed E-state index contributed by atoms with van der Waals surface area (Å²) in [5, 5.41) is 9.01. The zero-order valence-electron chi connectivity index (χ0n) is 12.0. The highest BCUT2D eigenvalue weighted by Gasteiger charge is 2.24. The van der Waals surface area contributed by atoms with Crippen molar-refractivity contribution in [3.8, 4) is 11.5 Å². The van der Waals surface area contributed by atoms with E-state index >= 15 is 0 Å². The first-order valence-electron chi connectivity index (χ1n) is 7.27. The molecule has 1 aliphatic heterocycles. The standard InChI is InChI=1S/C16H17BrN2O3/c17-13-3-1-11(2-4-13)15-18-14(10-22-15)9-19-7-5-12(6-8-19)16(20)21/h1-4,10,12H,5-9H2,(H,20,21). The second kappa shape index (κ2) is 6.62. The van der Waals surface area contributed by atoms with Gasteiger partial charge >= 0.3 is 5.97 Å². The molecule has 1 aliphatic rings. The predicted octanol–water partition coefficient (Wildman–Crippen LogP) is 3.40. The Kier molecular flexibility index (Phi) is 4.59. The van der Waals surface area contributed by atoms with Crippen molar-refractivity contribution >= 4 is 21.9 Å². The first kappa shape index (κ1) is 15.2. The zero-order chi connectivity index (χ0) is 15.5. The number of piperidine rings is 1. The molecule has 0 atom stereocenters. The van der Waals surface area contributed by atoms with Crippen molar-refractivity contribution in [2.24, 2.45) is 5.92 Å². The summed E-state index contributed by atoms with van der Waals surface area (Å²) in [6, 6.07) is 7.82. The lowest BCUT2D eigenvalue weighted by Crippen LogP contribution is -2.35. The molecule has 0 spiro atoms. The van der Waals surface area contributed by atoms with Gasteiger partial charge in [-0.1, -0.05) is 15.9 Å². The van der Waals surface area contributed by atoms with Crippen LogP contribution in [0.1, 0.15) is 18.5 Å². The van der Waals surface area contributed by atoms with Crippen LogP contribution in [0.25, 0.3) is 11.5 Å². The Hall–Kier alpha value is -1.66. The third-order valence-corrected chi connectivity index (χ3v) is 4.49. The number of hydrogen-bond donors (Lipinski definition) is 1. The molecule has 1 saturated heterocycles. The van der Waals surface area contributed by atoms with E-state index in [-0.39, 0.29) is 5.92 Å². The van der Waals surface area contributed by atoms with Crippen molar-refractivity contribution in [3.05, 3.63) is 40.7 Å².